The number of likely N-dealkylation sites (N-methyl/N-ethyl adjacent to an activating group) is 1. The van der Waals surface area contributed by atoms with Crippen molar-refractivity contribution in [3.05, 3.63) is 34.9 Å². The highest BCUT2D eigenvalue weighted by molar-refractivity contribution is 6.30. The first kappa shape index (κ1) is 13.8. The second-order valence-corrected chi connectivity index (χ2v) is 5.25. The summed E-state index contributed by atoms with van der Waals surface area (Å²) in [5, 5.41) is 0.801. The molecule has 0 aromatic heterocycles. The zero-order chi connectivity index (χ0) is 12.8. The van der Waals surface area contributed by atoms with E-state index in [1.165, 1.54) is 5.56 Å². The first-order valence-electron chi connectivity index (χ1n) is 6.47. The summed E-state index contributed by atoms with van der Waals surface area (Å²) < 4.78 is 5.35. The van der Waals surface area contributed by atoms with Crippen molar-refractivity contribution in [1.82, 2.24) is 9.80 Å². The molecule has 1 aromatic carbocycles. The van der Waals surface area contributed by atoms with E-state index in [4.69, 9.17) is 16.3 Å². The number of morpholine rings is 1. The molecule has 0 unspecified atom stereocenters. The van der Waals surface area contributed by atoms with Gasteiger partial charge < -0.3 is 9.64 Å². The monoisotopic (exact) mass is 268 g/mol. The number of hydrogen-bond donors (Lipinski definition) is 0. The van der Waals surface area contributed by atoms with E-state index in [2.05, 4.69) is 29.0 Å². The zero-order valence-electron chi connectivity index (χ0n) is 10.9. The van der Waals surface area contributed by atoms with E-state index in [1.54, 1.807) is 0 Å². The van der Waals surface area contributed by atoms with Gasteiger partial charge in [-0.05, 0) is 24.7 Å². The van der Waals surface area contributed by atoms with Crippen LogP contribution in [-0.4, -0.2) is 56.2 Å². The van der Waals surface area contributed by atoms with Crippen molar-refractivity contribution in [3.8, 4) is 0 Å². The van der Waals surface area contributed by atoms with Gasteiger partial charge in [-0.3, -0.25) is 4.90 Å². The van der Waals surface area contributed by atoms with Gasteiger partial charge in [-0.2, -0.15) is 0 Å². The molecule has 4 heteroatoms. The molecule has 0 spiro atoms. The lowest BCUT2D eigenvalue weighted by Gasteiger charge is -2.28. The summed E-state index contributed by atoms with van der Waals surface area (Å²) in [7, 11) is 2.16. The van der Waals surface area contributed by atoms with E-state index in [-0.39, 0.29) is 0 Å². The van der Waals surface area contributed by atoms with E-state index in [0.717, 1.165) is 51.0 Å². The molecule has 2 rings (SSSR count). The van der Waals surface area contributed by atoms with Crippen LogP contribution in [0.2, 0.25) is 5.02 Å². The Bertz CT molecular complexity index is 349. The van der Waals surface area contributed by atoms with Crippen molar-refractivity contribution in [1.29, 1.82) is 0 Å². The summed E-state index contributed by atoms with van der Waals surface area (Å²) >= 11 is 5.88. The molecule has 0 N–H and O–H groups in total. The number of benzene rings is 1. The fraction of sp³-hybridized carbons (Fsp3) is 0.571. The Kier molecular flexibility index (Phi) is 5.45. The third kappa shape index (κ3) is 4.58. The quantitative estimate of drug-likeness (QED) is 0.814. The molecule has 0 amide bonds. The first-order chi connectivity index (χ1) is 8.74. The highest BCUT2D eigenvalue weighted by Crippen LogP contribution is 2.10. The van der Waals surface area contributed by atoms with Crippen molar-refractivity contribution in [2.45, 2.75) is 6.54 Å². The van der Waals surface area contributed by atoms with Gasteiger partial charge in [-0.15, -0.1) is 0 Å². The Balaban J connectivity index is 1.71. The Hall–Kier alpha value is -0.610. The molecule has 1 saturated heterocycles. The molecule has 1 heterocycles. The van der Waals surface area contributed by atoms with Crippen LogP contribution in [-0.2, 0) is 11.3 Å². The maximum atomic E-state index is 5.88. The molecule has 100 valence electrons. The van der Waals surface area contributed by atoms with Crippen molar-refractivity contribution in [3.63, 3.8) is 0 Å². The molecule has 0 aliphatic carbocycles. The van der Waals surface area contributed by atoms with Gasteiger partial charge in [-0.1, -0.05) is 23.7 Å². The van der Waals surface area contributed by atoms with Crippen LogP contribution in [0.4, 0.5) is 0 Å². The third-order valence-electron chi connectivity index (χ3n) is 3.27. The minimum absolute atomic E-state index is 0.801. The molecule has 0 atom stereocenters. The molecule has 0 saturated carbocycles. The van der Waals surface area contributed by atoms with Crippen LogP contribution in [0.5, 0.6) is 0 Å². The zero-order valence-corrected chi connectivity index (χ0v) is 11.7. The predicted molar refractivity (Wildman–Crippen MR) is 75.0 cm³/mol. The highest BCUT2D eigenvalue weighted by Gasteiger charge is 2.10. The van der Waals surface area contributed by atoms with E-state index in [0.29, 0.717) is 0 Å². The smallest absolute Gasteiger partial charge is 0.0594 e. The minimum Gasteiger partial charge on any atom is -0.379 e. The van der Waals surface area contributed by atoms with Crippen LogP contribution in [0.1, 0.15) is 5.56 Å². The van der Waals surface area contributed by atoms with Gasteiger partial charge in [0, 0.05) is 37.7 Å². The van der Waals surface area contributed by atoms with Crippen LogP contribution in [0.15, 0.2) is 24.3 Å². The van der Waals surface area contributed by atoms with Gasteiger partial charge in [0.05, 0.1) is 13.2 Å². The van der Waals surface area contributed by atoms with Crippen LogP contribution >= 0.6 is 11.6 Å². The lowest BCUT2D eigenvalue weighted by Crippen LogP contribution is -2.40. The number of ether oxygens (including phenoxy) is 1. The Morgan fingerprint density at radius 1 is 1.22 bits per heavy atom. The van der Waals surface area contributed by atoms with E-state index >= 15 is 0 Å². The normalized spacial score (nSPS) is 17.3. The van der Waals surface area contributed by atoms with Gasteiger partial charge in [0.25, 0.3) is 0 Å². The van der Waals surface area contributed by atoms with Crippen LogP contribution in [0.25, 0.3) is 0 Å². The standard InChI is InChI=1S/C14H21ClN2O/c1-16(6-7-17-8-10-18-11-9-17)12-13-2-4-14(15)5-3-13/h2-5H,6-12H2,1H3. The summed E-state index contributed by atoms with van der Waals surface area (Å²) in [5.74, 6) is 0. The average Bonchev–Trinajstić information content (AvgIpc) is 2.40. The molecule has 0 bridgehead atoms. The molecule has 0 radical (unpaired) electrons. The van der Waals surface area contributed by atoms with Gasteiger partial charge >= 0.3 is 0 Å². The Morgan fingerprint density at radius 3 is 2.56 bits per heavy atom. The second kappa shape index (κ2) is 7.10. The second-order valence-electron chi connectivity index (χ2n) is 4.82. The summed E-state index contributed by atoms with van der Waals surface area (Å²) in [6, 6.07) is 8.08. The van der Waals surface area contributed by atoms with Gasteiger partial charge in [-0.25, -0.2) is 0 Å². The summed E-state index contributed by atoms with van der Waals surface area (Å²) in [5.41, 5.74) is 1.31. The number of nitrogens with zero attached hydrogens (tertiary/aromatic N) is 2. The fourth-order valence-electron chi connectivity index (χ4n) is 2.12. The van der Waals surface area contributed by atoms with Gasteiger partial charge in [0.1, 0.15) is 0 Å². The lowest BCUT2D eigenvalue weighted by atomic mass is 10.2. The maximum Gasteiger partial charge on any atom is 0.0594 e. The van der Waals surface area contributed by atoms with Gasteiger partial charge in [0.15, 0.2) is 0 Å². The van der Waals surface area contributed by atoms with E-state index in [9.17, 15) is 0 Å². The van der Waals surface area contributed by atoms with Crippen molar-refractivity contribution in [2.24, 2.45) is 0 Å². The molecular formula is C14H21ClN2O. The number of hydrogen-bond acceptors (Lipinski definition) is 3. The topological polar surface area (TPSA) is 15.7 Å². The summed E-state index contributed by atoms with van der Waals surface area (Å²) in [4.78, 5) is 4.81. The van der Waals surface area contributed by atoms with Crippen molar-refractivity contribution >= 4 is 11.6 Å². The predicted octanol–water partition coefficient (Wildman–Crippen LogP) is 2.10. The Morgan fingerprint density at radius 2 is 1.89 bits per heavy atom. The van der Waals surface area contributed by atoms with Gasteiger partial charge in [0.2, 0.25) is 0 Å². The van der Waals surface area contributed by atoms with Crippen LogP contribution in [0.3, 0.4) is 0 Å². The molecule has 1 aliphatic heterocycles. The minimum atomic E-state index is 0.801. The van der Waals surface area contributed by atoms with Crippen LogP contribution < -0.4 is 0 Å². The average molecular weight is 269 g/mol. The highest BCUT2D eigenvalue weighted by atomic mass is 35.5. The molecule has 18 heavy (non-hydrogen) atoms. The molecule has 1 aliphatic rings. The largest absolute Gasteiger partial charge is 0.379 e. The van der Waals surface area contributed by atoms with Crippen LogP contribution in [0, 0.1) is 0 Å². The van der Waals surface area contributed by atoms with E-state index in [1.807, 2.05) is 12.1 Å². The molecule has 1 aromatic rings. The number of halogens is 1. The summed E-state index contributed by atoms with van der Waals surface area (Å²) in [6.45, 7) is 7.06. The molecule has 3 nitrogen and oxygen atoms in total. The maximum absolute atomic E-state index is 5.88. The third-order valence-corrected chi connectivity index (χ3v) is 3.52. The first-order valence-corrected chi connectivity index (χ1v) is 6.85. The van der Waals surface area contributed by atoms with Crippen molar-refractivity contribution < 1.29 is 4.74 Å². The fourth-order valence-corrected chi connectivity index (χ4v) is 2.24. The lowest BCUT2D eigenvalue weighted by molar-refractivity contribution is 0.0342. The Labute approximate surface area is 114 Å². The molecular weight excluding hydrogens is 248 g/mol. The number of rotatable bonds is 5. The molecule has 1 fully saturated rings. The summed E-state index contributed by atoms with van der Waals surface area (Å²) in [6.07, 6.45) is 0. The van der Waals surface area contributed by atoms with Crippen molar-refractivity contribution in [2.75, 3.05) is 46.4 Å². The SMILES string of the molecule is CN(CCN1CCOCC1)Cc1ccc(Cl)cc1. The van der Waals surface area contributed by atoms with E-state index < -0.39 is 0 Å².